The van der Waals surface area contributed by atoms with E-state index in [0.29, 0.717) is 22.9 Å². The smallest absolute Gasteiger partial charge is 0.316 e. The Balaban J connectivity index is 3.13. The molecule has 1 aromatic rings. The summed E-state index contributed by atoms with van der Waals surface area (Å²) >= 11 is 0. The van der Waals surface area contributed by atoms with Crippen LogP contribution in [0, 0.1) is 0 Å². The van der Waals surface area contributed by atoms with Crippen molar-refractivity contribution < 1.29 is 14.3 Å². The third-order valence-corrected chi connectivity index (χ3v) is 1.81. The second kappa shape index (κ2) is 4.41. The summed E-state index contributed by atoms with van der Waals surface area (Å²) in [6, 6.07) is 2.40. The highest BCUT2D eigenvalue weighted by molar-refractivity contribution is 5.92. The lowest BCUT2D eigenvalue weighted by atomic mass is 10.2. The van der Waals surface area contributed by atoms with Crippen LogP contribution in [0.2, 0.25) is 0 Å². The minimum atomic E-state index is -0.686. The molecule has 15 heavy (non-hydrogen) atoms. The van der Waals surface area contributed by atoms with Crippen molar-refractivity contribution in [1.82, 2.24) is 0 Å². The third kappa shape index (κ3) is 2.43. The van der Waals surface area contributed by atoms with Crippen molar-refractivity contribution in [2.75, 3.05) is 25.3 Å². The molecule has 6 heteroatoms. The van der Waals surface area contributed by atoms with Crippen LogP contribution < -0.4 is 26.3 Å². The maximum atomic E-state index is 10.7. The van der Waals surface area contributed by atoms with E-state index in [1.54, 1.807) is 12.1 Å². The first-order valence-electron chi connectivity index (χ1n) is 4.16. The van der Waals surface area contributed by atoms with Gasteiger partial charge in [0.25, 0.3) is 0 Å². The Hall–Kier alpha value is -2.11. The van der Waals surface area contributed by atoms with Gasteiger partial charge in [-0.15, -0.1) is 0 Å². The maximum Gasteiger partial charge on any atom is 0.316 e. The molecule has 0 aliphatic rings. The lowest BCUT2D eigenvalue weighted by Gasteiger charge is -2.12. The number of hydrogen-bond donors (Lipinski definition) is 3. The van der Waals surface area contributed by atoms with Crippen molar-refractivity contribution in [2.45, 2.75) is 0 Å². The normalized spacial score (nSPS) is 9.47. The van der Waals surface area contributed by atoms with Crippen LogP contribution in [-0.4, -0.2) is 20.3 Å². The fourth-order valence-corrected chi connectivity index (χ4v) is 1.14. The molecule has 0 aliphatic heterocycles. The molecule has 0 atom stereocenters. The highest BCUT2D eigenvalue weighted by Crippen LogP contribution is 2.34. The molecule has 0 heterocycles. The summed E-state index contributed by atoms with van der Waals surface area (Å²) in [5, 5.41) is 2.38. The highest BCUT2D eigenvalue weighted by atomic mass is 16.5. The molecule has 0 aromatic heterocycles. The van der Waals surface area contributed by atoms with Crippen molar-refractivity contribution >= 4 is 17.4 Å². The molecule has 0 spiro atoms. The minimum Gasteiger partial charge on any atom is -0.493 e. The van der Waals surface area contributed by atoms with E-state index < -0.39 is 6.03 Å². The Labute approximate surface area is 87.1 Å². The van der Waals surface area contributed by atoms with Crippen molar-refractivity contribution in [2.24, 2.45) is 5.73 Å². The molecule has 2 amide bonds. The van der Waals surface area contributed by atoms with Gasteiger partial charge in [0, 0.05) is 12.1 Å². The van der Waals surface area contributed by atoms with E-state index in [2.05, 4.69) is 5.32 Å². The quantitative estimate of drug-likeness (QED) is 0.643. The molecule has 0 aliphatic carbocycles. The van der Waals surface area contributed by atoms with Crippen molar-refractivity contribution in [3.05, 3.63) is 12.1 Å². The van der Waals surface area contributed by atoms with Crippen molar-refractivity contribution in [3.63, 3.8) is 0 Å². The summed E-state index contributed by atoms with van der Waals surface area (Å²) < 4.78 is 10.1. The highest BCUT2D eigenvalue weighted by Gasteiger charge is 2.09. The van der Waals surface area contributed by atoms with Gasteiger partial charge in [0.05, 0.1) is 25.6 Å². The fraction of sp³-hybridized carbons (Fsp3) is 0.222. The number of amides is 2. The zero-order valence-corrected chi connectivity index (χ0v) is 8.53. The molecular weight excluding hydrogens is 198 g/mol. The lowest BCUT2D eigenvalue weighted by molar-refractivity contribution is 0.259. The SMILES string of the molecule is COc1cc(N)c(NC(N)=O)cc1OC. The van der Waals surface area contributed by atoms with Gasteiger partial charge in [0.1, 0.15) is 0 Å². The third-order valence-electron chi connectivity index (χ3n) is 1.81. The van der Waals surface area contributed by atoms with E-state index in [1.165, 1.54) is 14.2 Å². The van der Waals surface area contributed by atoms with E-state index in [0.717, 1.165) is 0 Å². The van der Waals surface area contributed by atoms with Crippen LogP contribution in [0.1, 0.15) is 0 Å². The number of benzene rings is 1. The lowest BCUT2D eigenvalue weighted by Crippen LogP contribution is -2.20. The number of hydrogen-bond acceptors (Lipinski definition) is 4. The number of urea groups is 1. The molecule has 1 aromatic carbocycles. The Morgan fingerprint density at radius 1 is 1.27 bits per heavy atom. The largest absolute Gasteiger partial charge is 0.493 e. The number of ether oxygens (including phenoxy) is 2. The number of carbonyl (C=O) groups is 1. The summed E-state index contributed by atoms with van der Waals surface area (Å²) in [5.41, 5.74) is 11.4. The van der Waals surface area contributed by atoms with Gasteiger partial charge in [0.15, 0.2) is 11.5 Å². The van der Waals surface area contributed by atoms with Gasteiger partial charge >= 0.3 is 6.03 Å². The summed E-state index contributed by atoms with van der Waals surface area (Å²) in [6.07, 6.45) is 0. The molecule has 0 radical (unpaired) electrons. The molecule has 0 saturated carbocycles. The molecule has 0 saturated heterocycles. The van der Waals surface area contributed by atoms with Gasteiger partial charge in [-0.1, -0.05) is 0 Å². The van der Waals surface area contributed by atoms with Crippen LogP contribution in [0.15, 0.2) is 12.1 Å². The van der Waals surface area contributed by atoms with Gasteiger partial charge in [-0.05, 0) is 0 Å². The number of methoxy groups -OCH3 is 2. The van der Waals surface area contributed by atoms with Gasteiger partial charge in [-0.2, -0.15) is 0 Å². The first kappa shape index (κ1) is 11.0. The van der Waals surface area contributed by atoms with Gasteiger partial charge in [0.2, 0.25) is 0 Å². The Morgan fingerprint density at radius 3 is 2.27 bits per heavy atom. The van der Waals surface area contributed by atoms with Crippen LogP contribution in [0.25, 0.3) is 0 Å². The molecule has 1 rings (SSSR count). The number of primary amides is 1. The van der Waals surface area contributed by atoms with Crippen LogP contribution in [0.5, 0.6) is 11.5 Å². The molecule has 5 N–H and O–H groups in total. The summed E-state index contributed by atoms with van der Waals surface area (Å²) in [7, 11) is 2.99. The van der Waals surface area contributed by atoms with E-state index in [-0.39, 0.29) is 0 Å². The number of nitrogens with one attached hydrogen (secondary N) is 1. The standard InChI is InChI=1S/C9H13N3O3/c1-14-7-3-5(10)6(12-9(11)13)4-8(7)15-2/h3-4H,10H2,1-2H3,(H3,11,12,13). The van der Waals surface area contributed by atoms with Crippen molar-refractivity contribution in [3.8, 4) is 11.5 Å². The monoisotopic (exact) mass is 211 g/mol. The average Bonchev–Trinajstić information content (AvgIpc) is 2.19. The van der Waals surface area contributed by atoms with Crippen LogP contribution in [0.4, 0.5) is 16.2 Å². The summed E-state index contributed by atoms with van der Waals surface area (Å²) in [5.74, 6) is 0.959. The van der Waals surface area contributed by atoms with Crippen molar-refractivity contribution in [1.29, 1.82) is 0 Å². The molecule has 0 unspecified atom stereocenters. The van der Waals surface area contributed by atoms with Gasteiger partial charge in [-0.25, -0.2) is 4.79 Å². The maximum absolute atomic E-state index is 10.7. The second-order valence-electron chi connectivity index (χ2n) is 2.78. The Bertz CT molecular complexity index is 379. The zero-order valence-electron chi connectivity index (χ0n) is 8.53. The van der Waals surface area contributed by atoms with Crippen LogP contribution >= 0.6 is 0 Å². The molecule has 82 valence electrons. The summed E-state index contributed by atoms with van der Waals surface area (Å²) in [4.78, 5) is 10.7. The topological polar surface area (TPSA) is 99.6 Å². The number of nitrogens with two attached hydrogens (primary N) is 2. The van der Waals surface area contributed by atoms with Gasteiger partial charge < -0.3 is 26.3 Å². The van der Waals surface area contributed by atoms with E-state index in [4.69, 9.17) is 20.9 Å². The fourth-order valence-electron chi connectivity index (χ4n) is 1.14. The Kier molecular flexibility index (Phi) is 3.22. The van der Waals surface area contributed by atoms with E-state index >= 15 is 0 Å². The first-order valence-corrected chi connectivity index (χ1v) is 4.16. The van der Waals surface area contributed by atoms with Crippen LogP contribution in [0.3, 0.4) is 0 Å². The predicted octanol–water partition coefficient (Wildman–Crippen LogP) is 0.777. The Morgan fingerprint density at radius 2 is 1.80 bits per heavy atom. The average molecular weight is 211 g/mol. The second-order valence-corrected chi connectivity index (χ2v) is 2.78. The minimum absolute atomic E-state index is 0.353. The van der Waals surface area contributed by atoms with Crippen LogP contribution in [-0.2, 0) is 0 Å². The number of anilines is 2. The number of nitrogen functional groups attached to an aromatic ring is 1. The first-order chi connectivity index (χ1) is 7.08. The predicted molar refractivity (Wildman–Crippen MR) is 57.2 cm³/mol. The number of rotatable bonds is 3. The molecule has 0 fully saturated rings. The van der Waals surface area contributed by atoms with Gasteiger partial charge in [-0.3, -0.25) is 0 Å². The molecule has 0 bridgehead atoms. The van der Waals surface area contributed by atoms with E-state index in [9.17, 15) is 4.79 Å². The number of carbonyl (C=O) groups excluding carboxylic acids is 1. The van der Waals surface area contributed by atoms with E-state index in [1.807, 2.05) is 0 Å². The zero-order chi connectivity index (χ0) is 11.4. The summed E-state index contributed by atoms with van der Waals surface area (Å²) in [6.45, 7) is 0. The molecular formula is C9H13N3O3. The molecule has 6 nitrogen and oxygen atoms in total.